The number of anilines is 2. The number of sulfonamides is 1. The van der Waals surface area contributed by atoms with Crippen LogP contribution < -0.4 is 14.4 Å². The highest BCUT2D eigenvalue weighted by Crippen LogP contribution is 2.23. The molecule has 0 atom stereocenters. The largest absolute Gasteiger partial charge is 0.497 e. The van der Waals surface area contributed by atoms with E-state index in [9.17, 15) is 8.42 Å². The molecule has 0 amide bonds. The van der Waals surface area contributed by atoms with Gasteiger partial charge in [-0.2, -0.15) is 0 Å². The van der Waals surface area contributed by atoms with Crippen molar-refractivity contribution in [1.82, 2.24) is 4.98 Å². The molecule has 0 bridgehead atoms. The average molecular weight is 363 g/mol. The van der Waals surface area contributed by atoms with Gasteiger partial charge in [0.2, 0.25) is 0 Å². The summed E-state index contributed by atoms with van der Waals surface area (Å²) in [5.41, 5.74) is 1.57. The van der Waals surface area contributed by atoms with Gasteiger partial charge in [0.05, 0.1) is 23.9 Å². The van der Waals surface area contributed by atoms with Crippen molar-refractivity contribution in [3.63, 3.8) is 0 Å². The molecule has 0 saturated carbocycles. The molecule has 0 aliphatic heterocycles. The molecule has 0 saturated heterocycles. The van der Waals surface area contributed by atoms with Gasteiger partial charge in [0, 0.05) is 13.6 Å². The SMILES string of the molecule is CCCCN(C)c1ccc(NS(=O)(=O)c2ccc(OC)cc2C)nc1. The number of hydrogen-bond donors (Lipinski definition) is 1. The van der Waals surface area contributed by atoms with Crippen LogP contribution in [0.4, 0.5) is 11.5 Å². The lowest BCUT2D eigenvalue weighted by Crippen LogP contribution is -2.19. The third-order valence-corrected chi connectivity index (χ3v) is 5.46. The van der Waals surface area contributed by atoms with Crippen LogP contribution in [0.25, 0.3) is 0 Å². The minimum atomic E-state index is -3.70. The number of nitrogens with one attached hydrogen (secondary N) is 1. The minimum Gasteiger partial charge on any atom is -0.497 e. The van der Waals surface area contributed by atoms with Gasteiger partial charge in [-0.25, -0.2) is 13.4 Å². The van der Waals surface area contributed by atoms with Crippen LogP contribution in [0.15, 0.2) is 41.4 Å². The van der Waals surface area contributed by atoms with Gasteiger partial charge >= 0.3 is 0 Å². The summed E-state index contributed by atoms with van der Waals surface area (Å²) in [5.74, 6) is 0.914. The van der Waals surface area contributed by atoms with Crippen LogP contribution in [0.3, 0.4) is 0 Å². The number of nitrogens with zero attached hydrogens (tertiary/aromatic N) is 2. The van der Waals surface area contributed by atoms with Crippen molar-refractivity contribution in [3.8, 4) is 5.75 Å². The number of rotatable bonds is 8. The lowest BCUT2D eigenvalue weighted by Gasteiger charge is -2.18. The topological polar surface area (TPSA) is 71.5 Å². The number of pyridine rings is 1. The second-order valence-electron chi connectivity index (χ2n) is 5.91. The monoisotopic (exact) mass is 363 g/mol. The van der Waals surface area contributed by atoms with E-state index in [0.29, 0.717) is 17.1 Å². The Hall–Kier alpha value is -2.28. The Labute approximate surface area is 149 Å². The number of ether oxygens (including phenoxy) is 1. The number of aryl methyl sites for hydroxylation is 1. The van der Waals surface area contributed by atoms with Crippen LogP contribution in [-0.2, 0) is 10.0 Å². The molecule has 6 nitrogen and oxygen atoms in total. The number of benzene rings is 1. The molecule has 2 aromatic rings. The number of aromatic nitrogens is 1. The van der Waals surface area contributed by atoms with Crippen LogP contribution in [0.1, 0.15) is 25.3 Å². The van der Waals surface area contributed by atoms with E-state index in [1.54, 1.807) is 38.4 Å². The summed E-state index contributed by atoms with van der Waals surface area (Å²) < 4.78 is 32.8. The molecular formula is C18H25N3O3S. The molecule has 7 heteroatoms. The Morgan fingerprint density at radius 2 is 2.00 bits per heavy atom. The lowest BCUT2D eigenvalue weighted by atomic mass is 10.2. The minimum absolute atomic E-state index is 0.208. The summed E-state index contributed by atoms with van der Waals surface area (Å²) in [6.07, 6.45) is 3.90. The fourth-order valence-electron chi connectivity index (χ4n) is 2.44. The molecule has 0 spiro atoms. The second kappa shape index (κ2) is 8.20. The molecule has 0 unspecified atom stereocenters. The Kier molecular flexibility index (Phi) is 6.25. The van der Waals surface area contributed by atoms with Gasteiger partial charge in [-0.05, 0) is 49.2 Å². The van der Waals surface area contributed by atoms with Gasteiger partial charge in [0.15, 0.2) is 0 Å². The smallest absolute Gasteiger partial charge is 0.263 e. The van der Waals surface area contributed by atoms with Gasteiger partial charge in [0.25, 0.3) is 10.0 Å². The van der Waals surface area contributed by atoms with E-state index >= 15 is 0 Å². The summed E-state index contributed by atoms with van der Waals surface area (Å²) in [4.78, 5) is 6.53. The van der Waals surface area contributed by atoms with Crippen molar-refractivity contribution in [2.24, 2.45) is 0 Å². The van der Waals surface area contributed by atoms with E-state index < -0.39 is 10.0 Å². The van der Waals surface area contributed by atoms with Crippen molar-refractivity contribution in [1.29, 1.82) is 0 Å². The standard InChI is InChI=1S/C18H25N3O3S/c1-5-6-11-21(3)15-7-10-18(19-13-15)20-25(22,23)17-9-8-16(24-4)12-14(17)2/h7-10,12-13H,5-6,11H2,1-4H3,(H,19,20). The van der Waals surface area contributed by atoms with Crippen molar-refractivity contribution in [2.75, 3.05) is 30.3 Å². The van der Waals surface area contributed by atoms with Gasteiger partial charge in [0.1, 0.15) is 11.6 Å². The van der Waals surface area contributed by atoms with Gasteiger partial charge in [-0.15, -0.1) is 0 Å². The summed E-state index contributed by atoms with van der Waals surface area (Å²) >= 11 is 0. The average Bonchev–Trinajstić information content (AvgIpc) is 2.59. The highest BCUT2D eigenvalue weighted by Gasteiger charge is 2.18. The molecule has 0 aliphatic rings. The predicted molar refractivity (Wildman–Crippen MR) is 101 cm³/mol. The van der Waals surface area contributed by atoms with Crippen LogP contribution in [0.5, 0.6) is 5.75 Å². The quantitative estimate of drug-likeness (QED) is 0.778. The number of hydrogen-bond acceptors (Lipinski definition) is 5. The normalized spacial score (nSPS) is 11.2. The second-order valence-corrected chi connectivity index (χ2v) is 7.56. The van der Waals surface area contributed by atoms with E-state index in [1.807, 2.05) is 13.1 Å². The number of methoxy groups -OCH3 is 1. The molecule has 0 fully saturated rings. The Morgan fingerprint density at radius 3 is 2.56 bits per heavy atom. The molecule has 0 radical (unpaired) electrons. The van der Waals surface area contributed by atoms with Crippen molar-refractivity contribution < 1.29 is 13.2 Å². The van der Waals surface area contributed by atoms with E-state index in [4.69, 9.17) is 4.74 Å². The predicted octanol–water partition coefficient (Wildman–Crippen LogP) is 3.44. The third kappa shape index (κ3) is 4.85. The lowest BCUT2D eigenvalue weighted by molar-refractivity contribution is 0.414. The van der Waals surface area contributed by atoms with E-state index in [0.717, 1.165) is 25.1 Å². The Balaban J connectivity index is 2.15. The molecule has 25 heavy (non-hydrogen) atoms. The molecule has 1 aromatic heterocycles. The third-order valence-electron chi connectivity index (χ3n) is 3.95. The summed E-state index contributed by atoms with van der Waals surface area (Å²) in [7, 11) is -0.155. The first-order chi connectivity index (χ1) is 11.9. The van der Waals surface area contributed by atoms with Crippen LogP contribution in [0, 0.1) is 6.92 Å². The fraction of sp³-hybridized carbons (Fsp3) is 0.389. The molecule has 1 heterocycles. The molecular weight excluding hydrogens is 338 g/mol. The Morgan fingerprint density at radius 1 is 1.24 bits per heavy atom. The maximum absolute atomic E-state index is 12.6. The van der Waals surface area contributed by atoms with Gasteiger partial charge in [-0.1, -0.05) is 13.3 Å². The van der Waals surface area contributed by atoms with E-state index in [1.165, 1.54) is 6.07 Å². The first-order valence-corrected chi connectivity index (χ1v) is 9.70. The molecule has 1 N–H and O–H groups in total. The maximum atomic E-state index is 12.6. The first-order valence-electron chi connectivity index (χ1n) is 8.22. The van der Waals surface area contributed by atoms with Crippen LogP contribution >= 0.6 is 0 Å². The summed E-state index contributed by atoms with van der Waals surface area (Å²) in [6.45, 7) is 4.82. The first kappa shape index (κ1) is 19.1. The van der Waals surface area contributed by atoms with E-state index in [2.05, 4.69) is 21.5 Å². The fourth-order valence-corrected chi connectivity index (χ4v) is 3.68. The van der Waals surface area contributed by atoms with Crippen LogP contribution in [-0.4, -0.2) is 34.1 Å². The molecule has 136 valence electrons. The molecule has 2 rings (SSSR count). The van der Waals surface area contributed by atoms with Gasteiger partial charge < -0.3 is 9.64 Å². The van der Waals surface area contributed by atoms with Gasteiger partial charge in [-0.3, -0.25) is 4.72 Å². The molecule has 1 aromatic carbocycles. The molecule has 0 aliphatic carbocycles. The zero-order valence-electron chi connectivity index (χ0n) is 15.1. The van der Waals surface area contributed by atoms with Crippen molar-refractivity contribution in [3.05, 3.63) is 42.1 Å². The maximum Gasteiger partial charge on any atom is 0.263 e. The van der Waals surface area contributed by atoms with E-state index in [-0.39, 0.29) is 4.90 Å². The highest BCUT2D eigenvalue weighted by atomic mass is 32.2. The Bertz CT molecular complexity index is 805. The summed E-state index contributed by atoms with van der Waals surface area (Å²) in [5, 5.41) is 0. The van der Waals surface area contributed by atoms with Crippen molar-refractivity contribution >= 4 is 21.5 Å². The zero-order chi connectivity index (χ0) is 18.4. The van der Waals surface area contributed by atoms with Crippen molar-refractivity contribution in [2.45, 2.75) is 31.6 Å². The highest BCUT2D eigenvalue weighted by molar-refractivity contribution is 7.92. The number of unbranched alkanes of at least 4 members (excludes halogenated alkanes) is 1. The summed E-state index contributed by atoms with van der Waals surface area (Å²) in [6, 6.07) is 8.38. The zero-order valence-corrected chi connectivity index (χ0v) is 15.9. The van der Waals surface area contributed by atoms with Crippen LogP contribution in [0.2, 0.25) is 0 Å².